The summed E-state index contributed by atoms with van der Waals surface area (Å²) in [5.74, 6) is 0.228. The minimum Gasteiger partial charge on any atom is -0.393 e. The third-order valence-electron chi connectivity index (χ3n) is 3.96. The molecule has 1 aromatic heterocycles. The second-order valence-electron chi connectivity index (χ2n) is 5.58. The Labute approximate surface area is 123 Å². The van der Waals surface area contributed by atoms with Crippen molar-refractivity contribution in [3.8, 4) is 11.3 Å². The summed E-state index contributed by atoms with van der Waals surface area (Å²) in [7, 11) is 0. The summed E-state index contributed by atoms with van der Waals surface area (Å²) in [5.41, 5.74) is 2.20. The Bertz CT molecular complexity index is 609. The van der Waals surface area contributed by atoms with Gasteiger partial charge in [-0.1, -0.05) is 30.3 Å². The number of rotatable bonds is 4. The van der Waals surface area contributed by atoms with Crippen molar-refractivity contribution in [3.63, 3.8) is 0 Å². The van der Waals surface area contributed by atoms with Crippen LogP contribution in [0.3, 0.4) is 0 Å². The van der Waals surface area contributed by atoms with Gasteiger partial charge in [-0.3, -0.25) is 9.89 Å². The zero-order valence-corrected chi connectivity index (χ0v) is 11.7. The molecule has 1 aliphatic rings. The molecule has 0 radical (unpaired) electrons. The number of nitrogens with one attached hydrogen (secondary N) is 2. The molecule has 5 heteroatoms. The molecule has 2 aromatic rings. The lowest BCUT2D eigenvalue weighted by molar-refractivity contribution is 0.0940. The van der Waals surface area contributed by atoms with Gasteiger partial charge >= 0.3 is 0 Å². The van der Waals surface area contributed by atoms with Gasteiger partial charge < -0.3 is 10.4 Å². The lowest BCUT2D eigenvalue weighted by Gasteiger charge is -2.09. The van der Waals surface area contributed by atoms with E-state index in [2.05, 4.69) is 15.5 Å². The normalized spacial score (nSPS) is 21.4. The van der Waals surface area contributed by atoms with Gasteiger partial charge in [-0.15, -0.1) is 0 Å². The largest absolute Gasteiger partial charge is 0.393 e. The van der Waals surface area contributed by atoms with Gasteiger partial charge in [0.1, 0.15) is 5.69 Å². The van der Waals surface area contributed by atoms with Crippen molar-refractivity contribution in [2.45, 2.75) is 25.4 Å². The maximum Gasteiger partial charge on any atom is 0.269 e. The van der Waals surface area contributed by atoms with Gasteiger partial charge in [0.25, 0.3) is 5.91 Å². The van der Waals surface area contributed by atoms with Crippen LogP contribution in [-0.2, 0) is 0 Å². The highest BCUT2D eigenvalue weighted by atomic mass is 16.3. The van der Waals surface area contributed by atoms with Crippen molar-refractivity contribution in [3.05, 3.63) is 42.1 Å². The van der Waals surface area contributed by atoms with Gasteiger partial charge in [0.05, 0.1) is 11.8 Å². The van der Waals surface area contributed by atoms with Gasteiger partial charge in [0.15, 0.2) is 0 Å². The smallest absolute Gasteiger partial charge is 0.269 e. The molecule has 3 N–H and O–H groups in total. The van der Waals surface area contributed by atoms with Crippen molar-refractivity contribution >= 4 is 5.91 Å². The third kappa shape index (κ3) is 3.31. The Morgan fingerprint density at radius 1 is 1.33 bits per heavy atom. The summed E-state index contributed by atoms with van der Waals surface area (Å²) in [4.78, 5) is 12.1. The fraction of sp³-hybridized carbons (Fsp3) is 0.375. The number of nitrogens with zero attached hydrogens (tertiary/aromatic N) is 1. The van der Waals surface area contributed by atoms with Crippen LogP contribution in [0.5, 0.6) is 0 Å². The number of carbonyl (C=O) groups is 1. The molecule has 0 aliphatic heterocycles. The van der Waals surface area contributed by atoms with Crippen LogP contribution in [0.4, 0.5) is 0 Å². The predicted octanol–water partition coefficient (Wildman–Crippen LogP) is 1.97. The Hall–Kier alpha value is -2.14. The summed E-state index contributed by atoms with van der Waals surface area (Å²) in [6.45, 7) is 0.607. The number of benzene rings is 1. The molecule has 3 rings (SSSR count). The molecule has 110 valence electrons. The molecule has 21 heavy (non-hydrogen) atoms. The van der Waals surface area contributed by atoms with E-state index in [-0.39, 0.29) is 12.0 Å². The lowest BCUT2D eigenvalue weighted by Crippen LogP contribution is -2.28. The number of hydrogen-bond acceptors (Lipinski definition) is 3. The molecule has 2 atom stereocenters. The van der Waals surface area contributed by atoms with Gasteiger partial charge in [-0.05, 0) is 31.2 Å². The van der Waals surface area contributed by atoms with Gasteiger partial charge in [-0.2, -0.15) is 5.10 Å². The Balaban J connectivity index is 1.59. The number of carbonyl (C=O) groups excluding carboxylic acids is 1. The lowest BCUT2D eigenvalue weighted by atomic mass is 10.1. The number of aromatic nitrogens is 2. The number of hydrogen-bond donors (Lipinski definition) is 3. The summed E-state index contributed by atoms with van der Waals surface area (Å²) in [6, 6.07) is 11.5. The SMILES string of the molecule is O=C(NCC1CCC(O)C1)c1cc(-c2ccccc2)n[nH]1. The van der Waals surface area contributed by atoms with Crippen molar-refractivity contribution in [2.75, 3.05) is 6.54 Å². The second-order valence-corrected chi connectivity index (χ2v) is 5.58. The minimum absolute atomic E-state index is 0.147. The molecule has 1 aliphatic carbocycles. The first-order valence-electron chi connectivity index (χ1n) is 7.29. The molecule has 1 aromatic carbocycles. The minimum atomic E-state index is -0.205. The summed E-state index contributed by atoms with van der Waals surface area (Å²) in [6.07, 6.45) is 2.38. The molecular formula is C16H19N3O2. The highest BCUT2D eigenvalue weighted by Crippen LogP contribution is 2.24. The van der Waals surface area contributed by atoms with Gasteiger partial charge in [-0.25, -0.2) is 0 Å². The van der Waals surface area contributed by atoms with E-state index in [4.69, 9.17) is 0 Å². The standard InChI is InChI=1S/C16H19N3O2/c20-13-7-6-11(8-13)10-17-16(21)15-9-14(18-19-15)12-4-2-1-3-5-12/h1-5,9,11,13,20H,6-8,10H2,(H,17,21)(H,18,19). The van der Waals surface area contributed by atoms with E-state index >= 15 is 0 Å². The molecule has 1 amide bonds. The van der Waals surface area contributed by atoms with E-state index in [0.717, 1.165) is 30.5 Å². The van der Waals surface area contributed by atoms with Crippen LogP contribution >= 0.6 is 0 Å². The number of H-pyrrole nitrogens is 1. The quantitative estimate of drug-likeness (QED) is 0.803. The van der Waals surface area contributed by atoms with E-state index in [9.17, 15) is 9.90 Å². The van der Waals surface area contributed by atoms with Crippen LogP contribution in [0.2, 0.25) is 0 Å². The van der Waals surface area contributed by atoms with Gasteiger partial charge in [0.2, 0.25) is 0 Å². The van der Waals surface area contributed by atoms with Crippen LogP contribution in [-0.4, -0.2) is 33.9 Å². The maximum atomic E-state index is 12.1. The number of amides is 1. The fourth-order valence-corrected chi connectivity index (χ4v) is 2.76. The van der Waals surface area contributed by atoms with E-state index < -0.39 is 0 Å². The molecular weight excluding hydrogens is 266 g/mol. The molecule has 5 nitrogen and oxygen atoms in total. The highest BCUT2D eigenvalue weighted by molar-refractivity contribution is 5.93. The van der Waals surface area contributed by atoms with Crippen molar-refractivity contribution in [1.82, 2.24) is 15.5 Å². The topological polar surface area (TPSA) is 78.0 Å². The first-order valence-corrected chi connectivity index (χ1v) is 7.29. The van der Waals surface area contributed by atoms with Crippen LogP contribution in [0.25, 0.3) is 11.3 Å². The number of aromatic amines is 1. The van der Waals surface area contributed by atoms with E-state index in [1.165, 1.54) is 0 Å². The number of aliphatic hydroxyl groups excluding tert-OH is 1. The molecule has 0 spiro atoms. The van der Waals surface area contributed by atoms with Crippen LogP contribution in [0.1, 0.15) is 29.8 Å². The van der Waals surface area contributed by atoms with Crippen molar-refractivity contribution in [2.24, 2.45) is 5.92 Å². The van der Waals surface area contributed by atoms with Crippen molar-refractivity contribution in [1.29, 1.82) is 0 Å². The van der Waals surface area contributed by atoms with Crippen LogP contribution in [0, 0.1) is 5.92 Å². The van der Waals surface area contributed by atoms with E-state index in [1.54, 1.807) is 6.07 Å². The molecule has 2 unspecified atom stereocenters. The Kier molecular flexibility index (Phi) is 4.01. The second kappa shape index (κ2) is 6.10. The Morgan fingerprint density at radius 2 is 2.14 bits per heavy atom. The van der Waals surface area contributed by atoms with E-state index in [0.29, 0.717) is 18.2 Å². The first-order chi connectivity index (χ1) is 10.2. The molecule has 1 saturated carbocycles. The molecule has 1 fully saturated rings. The van der Waals surface area contributed by atoms with Crippen LogP contribution < -0.4 is 5.32 Å². The van der Waals surface area contributed by atoms with E-state index in [1.807, 2.05) is 30.3 Å². The van der Waals surface area contributed by atoms with Crippen molar-refractivity contribution < 1.29 is 9.90 Å². The molecule has 0 saturated heterocycles. The average molecular weight is 285 g/mol. The Morgan fingerprint density at radius 3 is 2.86 bits per heavy atom. The monoisotopic (exact) mass is 285 g/mol. The fourth-order valence-electron chi connectivity index (χ4n) is 2.76. The summed E-state index contributed by atoms with van der Waals surface area (Å²) in [5, 5.41) is 19.3. The maximum absolute atomic E-state index is 12.1. The summed E-state index contributed by atoms with van der Waals surface area (Å²) >= 11 is 0. The predicted molar refractivity (Wildman–Crippen MR) is 79.7 cm³/mol. The number of aliphatic hydroxyl groups is 1. The first kappa shape index (κ1) is 13.8. The zero-order valence-electron chi connectivity index (χ0n) is 11.7. The van der Waals surface area contributed by atoms with Crippen LogP contribution in [0.15, 0.2) is 36.4 Å². The summed E-state index contributed by atoms with van der Waals surface area (Å²) < 4.78 is 0. The highest BCUT2D eigenvalue weighted by Gasteiger charge is 2.23. The van der Waals surface area contributed by atoms with Gasteiger partial charge in [0, 0.05) is 12.1 Å². The average Bonchev–Trinajstić information content (AvgIpc) is 3.15. The zero-order chi connectivity index (χ0) is 14.7. The molecule has 1 heterocycles. The third-order valence-corrected chi connectivity index (χ3v) is 3.96. The molecule has 0 bridgehead atoms.